The first-order valence-electron chi connectivity index (χ1n) is 4.95. The third-order valence-corrected chi connectivity index (χ3v) is 3.56. The highest BCUT2D eigenvalue weighted by atomic mass is 32.2. The molecule has 0 saturated heterocycles. The fourth-order valence-electron chi connectivity index (χ4n) is 0.790. The van der Waals surface area contributed by atoms with E-state index in [1.165, 1.54) is 11.8 Å². The van der Waals surface area contributed by atoms with Crippen molar-refractivity contribution in [2.45, 2.75) is 0 Å². The molecule has 0 amide bonds. The van der Waals surface area contributed by atoms with E-state index >= 15 is 0 Å². The van der Waals surface area contributed by atoms with Gasteiger partial charge in [0.1, 0.15) is 0 Å². The van der Waals surface area contributed by atoms with Crippen molar-refractivity contribution in [3.05, 3.63) is 0 Å². The Morgan fingerprint density at radius 2 is 1.62 bits per heavy atom. The maximum Gasteiger partial charge on any atom is 0.326 e. The molecule has 98 valence electrons. The van der Waals surface area contributed by atoms with E-state index in [-0.39, 0.29) is 12.8 Å². The van der Waals surface area contributed by atoms with Gasteiger partial charge in [-0.3, -0.25) is 4.57 Å². The molecule has 0 aromatic heterocycles. The minimum Gasteiger partial charge on any atom is -0.394 e. The number of ether oxygens (including phenoxy) is 2. The van der Waals surface area contributed by atoms with Gasteiger partial charge >= 0.3 is 7.60 Å². The van der Waals surface area contributed by atoms with E-state index in [1.54, 1.807) is 0 Å². The van der Waals surface area contributed by atoms with Gasteiger partial charge < -0.3 is 24.4 Å². The average molecular weight is 274 g/mol. The van der Waals surface area contributed by atoms with E-state index in [1.807, 2.05) is 0 Å². The van der Waals surface area contributed by atoms with Crippen LogP contribution in [0.4, 0.5) is 0 Å². The lowest BCUT2D eigenvalue weighted by Gasteiger charge is -2.05. The Morgan fingerprint density at radius 1 is 1.00 bits per heavy atom. The predicted molar refractivity (Wildman–Crippen MR) is 63.0 cm³/mol. The highest BCUT2D eigenvalue weighted by molar-refractivity contribution is 7.99. The Hall–Kier alpha value is 0.380. The van der Waals surface area contributed by atoms with E-state index in [0.29, 0.717) is 37.9 Å². The molecule has 0 bridgehead atoms. The average Bonchev–Trinajstić information content (AvgIpc) is 2.19. The lowest BCUT2D eigenvalue weighted by Crippen LogP contribution is -2.09. The summed E-state index contributed by atoms with van der Waals surface area (Å²) >= 11 is 1.45. The Kier molecular flexibility index (Phi) is 10.8. The Bertz CT molecular complexity index is 197. The molecule has 6 nitrogen and oxygen atoms in total. The summed E-state index contributed by atoms with van der Waals surface area (Å²) in [5.74, 6) is 1.15. The number of aliphatic hydroxyl groups excluding tert-OH is 1. The van der Waals surface area contributed by atoms with Gasteiger partial charge in [-0.25, -0.2) is 0 Å². The van der Waals surface area contributed by atoms with E-state index < -0.39 is 7.60 Å². The smallest absolute Gasteiger partial charge is 0.326 e. The molecule has 8 heteroatoms. The summed E-state index contributed by atoms with van der Waals surface area (Å²) in [5.41, 5.74) is 0. The van der Waals surface area contributed by atoms with Crippen molar-refractivity contribution in [2.75, 3.05) is 50.7 Å². The van der Waals surface area contributed by atoms with Gasteiger partial charge in [-0.1, -0.05) is 0 Å². The Morgan fingerprint density at radius 3 is 2.19 bits per heavy atom. The van der Waals surface area contributed by atoms with E-state index in [4.69, 9.17) is 24.4 Å². The Balaban J connectivity index is 3.02. The molecular formula is C8H19O6PS. The third kappa shape index (κ3) is 14.4. The van der Waals surface area contributed by atoms with E-state index in [9.17, 15) is 4.57 Å². The standard InChI is InChI=1S/C8H19O6PS/c9-1-2-13-3-4-14-5-7-16-8-6-15(10,11)12/h9H,1-8H2,(H2,10,11,12). The van der Waals surface area contributed by atoms with Gasteiger partial charge in [0.25, 0.3) is 0 Å². The number of hydrogen-bond donors (Lipinski definition) is 3. The number of aliphatic hydroxyl groups is 1. The molecule has 0 atom stereocenters. The van der Waals surface area contributed by atoms with Crippen LogP contribution in [0.5, 0.6) is 0 Å². The fraction of sp³-hybridized carbons (Fsp3) is 1.00. The molecule has 0 aromatic carbocycles. The summed E-state index contributed by atoms with van der Waals surface area (Å²) in [4.78, 5) is 17.1. The topological polar surface area (TPSA) is 96.2 Å². The molecular weight excluding hydrogens is 255 g/mol. The maximum absolute atomic E-state index is 10.5. The molecule has 0 aliphatic carbocycles. The van der Waals surface area contributed by atoms with Crippen molar-refractivity contribution in [1.29, 1.82) is 0 Å². The van der Waals surface area contributed by atoms with Crippen molar-refractivity contribution >= 4 is 19.4 Å². The monoisotopic (exact) mass is 274 g/mol. The summed E-state index contributed by atoms with van der Waals surface area (Å²) in [6, 6.07) is 0. The SMILES string of the molecule is O=P(O)(O)CCSCCOCCOCCO. The predicted octanol–water partition coefficient (Wildman–Crippen LogP) is -0.0772. The quantitative estimate of drug-likeness (QED) is 0.358. The van der Waals surface area contributed by atoms with Crippen molar-refractivity contribution in [3.8, 4) is 0 Å². The molecule has 0 heterocycles. The van der Waals surface area contributed by atoms with Gasteiger partial charge in [-0.15, -0.1) is 0 Å². The molecule has 0 spiro atoms. The molecule has 0 aromatic rings. The van der Waals surface area contributed by atoms with Crippen LogP contribution in [0, 0.1) is 0 Å². The van der Waals surface area contributed by atoms with Gasteiger partial charge in [0.2, 0.25) is 0 Å². The molecule has 0 fully saturated rings. The van der Waals surface area contributed by atoms with Crippen LogP contribution in [-0.4, -0.2) is 65.6 Å². The minimum absolute atomic E-state index is 0.0121. The highest BCUT2D eigenvalue weighted by Crippen LogP contribution is 2.34. The zero-order valence-corrected chi connectivity index (χ0v) is 10.8. The lowest BCUT2D eigenvalue weighted by molar-refractivity contribution is 0.0377. The van der Waals surface area contributed by atoms with Crippen molar-refractivity contribution in [3.63, 3.8) is 0 Å². The van der Waals surface area contributed by atoms with Gasteiger partial charge in [0.15, 0.2) is 0 Å². The number of rotatable bonds is 11. The first kappa shape index (κ1) is 16.4. The fourth-order valence-corrected chi connectivity index (χ4v) is 2.70. The van der Waals surface area contributed by atoms with Crippen LogP contribution in [-0.2, 0) is 14.0 Å². The van der Waals surface area contributed by atoms with E-state index in [2.05, 4.69) is 0 Å². The number of thioether (sulfide) groups is 1. The first-order valence-corrected chi connectivity index (χ1v) is 7.90. The Labute approximate surface area is 99.5 Å². The largest absolute Gasteiger partial charge is 0.394 e. The summed E-state index contributed by atoms with van der Waals surface area (Å²) in [6.07, 6.45) is -0.0860. The summed E-state index contributed by atoms with van der Waals surface area (Å²) in [7, 11) is -3.85. The van der Waals surface area contributed by atoms with Crippen LogP contribution in [0.15, 0.2) is 0 Å². The van der Waals surface area contributed by atoms with Gasteiger partial charge in [0.05, 0.1) is 39.2 Å². The van der Waals surface area contributed by atoms with Crippen molar-refractivity contribution in [1.82, 2.24) is 0 Å². The van der Waals surface area contributed by atoms with Gasteiger partial charge in [-0.2, -0.15) is 11.8 Å². The summed E-state index contributed by atoms with van der Waals surface area (Å²) in [5, 5.41) is 8.40. The van der Waals surface area contributed by atoms with Crippen molar-refractivity contribution < 1.29 is 28.9 Å². The molecule has 0 saturated carbocycles. The maximum atomic E-state index is 10.5. The summed E-state index contributed by atoms with van der Waals surface area (Å²) in [6.45, 7) is 1.79. The molecule has 0 unspecified atom stereocenters. The van der Waals surface area contributed by atoms with Crippen LogP contribution in [0.1, 0.15) is 0 Å². The normalized spacial score (nSPS) is 11.9. The van der Waals surface area contributed by atoms with Crippen LogP contribution < -0.4 is 0 Å². The molecule has 0 aliphatic rings. The van der Waals surface area contributed by atoms with Crippen LogP contribution in [0.3, 0.4) is 0 Å². The second kappa shape index (κ2) is 10.5. The van der Waals surface area contributed by atoms with Crippen LogP contribution in [0.25, 0.3) is 0 Å². The minimum atomic E-state index is -3.85. The zero-order chi connectivity index (χ0) is 12.3. The molecule has 3 N–H and O–H groups in total. The molecule has 16 heavy (non-hydrogen) atoms. The third-order valence-electron chi connectivity index (χ3n) is 1.51. The highest BCUT2D eigenvalue weighted by Gasteiger charge is 2.11. The lowest BCUT2D eigenvalue weighted by atomic mass is 10.7. The van der Waals surface area contributed by atoms with Crippen molar-refractivity contribution in [2.24, 2.45) is 0 Å². The molecule has 0 aliphatic heterocycles. The van der Waals surface area contributed by atoms with Crippen LogP contribution in [0.2, 0.25) is 0 Å². The molecule has 0 rings (SSSR count). The first-order chi connectivity index (χ1) is 7.56. The van der Waals surface area contributed by atoms with E-state index in [0.717, 1.165) is 0 Å². The van der Waals surface area contributed by atoms with Gasteiger partial charge in [-0.05, 0) is 0 Å². The van der Waals surface area contributed by atoms with Crippen LogP contribution >= 0.6 is 19.4 Å². The summed E-state index contributed by atoms with van der Waals surface area (Å²) < 4.78 is 20.6. The number of hydrogen-bond acceptors (Lipinski definition) is 5. The second-order valence-corrected chi connectivity index (χ2v) is 5.95. The molecule has 0 radical (unpaired) electrons. The zero-order valence-electron chi connectivity index (χ0n) is 9.08. The van der Waals surface area contributed by atoms with Gasteiger partial charge in [0, 0.05) is 11.5 Å². The second-order valence-electron chi connectivity index (χ2n) is 2.95.